The van der Waals surface area contributed by atoms with Gasteiger partial charge in [-0.25, -0.2) is 15.0 Å². The Bertz CT molecular complexity index is 1660. The fourth-order valence-electron chi connectivity index (χ4n) is 4.84. The van der Waals surface area contributed by atoms with Crippen LogP contribution in [0.25, 0.3) is 33.5 Å². The molecule has 0 saturated heterocycles. The molecule has 2 aromatic heterocycles. The Kier molecular flexibility index (Phi) is 8.86. The van der Waals surface area contributed by atoms with Gasteiger partial charge in [0.25, 0.3) is 0 Å². The van der Waals surface area contributed by atoms with Crippen LogP contribution in [-0.4, -0.2) is 36.9 Å². The molecule has 2 heterocycles. The summed E-state index contributed by atoms with van der Waals surface area (Å²) in [6.07, 6.45) is 8.60. The molecule has 0 bridgehead atoms. The molecule has 0 aliphatic heterocycles. The number of carbonyl (C=O) groups is 2. The van der Waals surface area contributed by atoms with E-state index in [-0.39, 0.29) is 11.8 Å². The summed E-state index contributed by atoms with van der Waals surface area (Å²) in [5, 5.41) is 0. The number of aryl methyl sites for hydroxylation is 2. The van der Waals surface area contributed by atoms with Gasteiger partial charge in [-0.1, -0.05) is 54.6 Å². The second-order valence-corrected chi connectivity index (χ2v) is 11.5. The number of ether oxygens (including phenoxy) is 1. The van der Waals surface area contributed by atoms with Gasteiger partial charge in [-0.3, -0.25) is 9.59 Å². The van der Waals surface area contributed by atoms with Crippen LogP contribution in [0.3, 0.4) is 0 Å². The number of fused-ring (bicyclic) bond motifs is 1. The molecule has 0 radical (unpaired) electrons. The van der Waals surface area contributed by atoms with Crippen molar-refractivity contribution in [3.05, 3.63) is 103 Å². The summed E-state index contributed by atoms with van der Waals surface area (Å²) < 4.78 is 7.47. The average molecular weight is 561 g/mol. The molecule has 0 unspecified atom stereocenters. The number of Topliss-reactive ketones (excluding diaryl/α,β-unsaturated/α-hetero) is 1. The van der Waals surface area contributed by atoms with E-state index in [2.05, 4.69) is 4.98 Å². The number of hydrogen-bond acceptors (Lipinski definition) is 6. The van der Waals surface area contributed by atoms with Gasteiger partial charge in [-0.2, -0.15) is 0 Å². The summed E-state index contributed by atoms with van der Waals surface area (Å²) in [5.41, 5.74) is 6.03. The van der Waals surface area contributed by atoms with Crippen molar-refractivity contribution in [3.63, 3.8) is 0 Å². The summed E-state index contributed by atoms with van der Waals surface area (Å²) >= 11 is 0. The molecule has 0 atom stereocenters. The molecule has 5 rings (SSSR count). The van der Waals surface area contributed by atoms with E-state index in [1.54, 1.807) is 12.5 Å². The highest BCUT2D eigenvalue weighted by Crippen LogP contribution is 2.31. The number of aromatic nitrogens is 4. The quantitative estimate of drug-likeness (QED) is 0.0945. The van der Waals surface area contributed by atoms with Gasteiger partial charge < -0.3 is 9.30 Å². The molecular weight excluding hydrogens is 524 g/mol. The average Bonchev–Trinajstić information content (AvgIpc) is 3.51. The minimum Gasteiger partial charge on any atom is -0.460 e. The summed E-state index contributed by atoms with van der Waals surface area (Å²) in [5.74, 6) is -0.103. The number of benzene rings is 3. The van der Waals surface area contributed by atoms with Crippen molar-refractivity contribution in [2.75, 3.05) is 0 Å². The van der Waals surface area contributed by atoms with Crippen LogP contribution < -0.4 is 0 Å². The van der Waals surface area contributed by atoms with E-state index in [9.17, 15) is 9.59 Å². The largest absolute Gasteiger partial charge is 0.460 e. The molecule has 7 heteroatoms. The van der Waals surface area contributed by atoms with Crippen LogP contribution in [0.15, 0.2) is 91.5 Å². The van der Waals surface area contributed by atoms with E-state index < -0.39 is 5.60 Å². The molecule has 0 amide bonds. The van der Waals surface area contributed by atoms with E-state index >= 15 is 0 Å². The fraction of sp³-hybridized carbons (Fsp3) is 0.286. The number of hydrogen-bond donors (Lipinski definition) is 0. The number of ketones is 1. The van der Waals surface area contributed by atoms with Gasteiger partial charge in [0.1, 0.15) is 5.60 Å². The molecule has 42 heavy (non-hydrogen) atoms. The van der Waals surface area contributed by atoms with Crippen LogP contribution in [0.4, 0.5) is 0 Å². The molecule has 3 aromatic carbocycles. The zero-order valence-electron chi connectivity index (χ0n) is 24.4. The van der Waals surface area contributed by atoms with Crippen LogP contribution in [0, 0.1) is 0 Å². The number of nitrogens with zero attached hydrogens (tertiary/aromatic N) is 4. The van der Waals surface area contributed by atoms with Crippen molar-refractivity contribution in [1.82, 2.24) is 19.5 Å². The maximum Gasteiger partial charge on any atom is 0.306 e. The van der Waals surface area contributed by atoms with E-state index in [1.165, 1.54) is 0 Å². The first-order valence-corrected chi connectivity index (χ1v) is 14.4. The van der Waals surface area contributed by atoms with Gasteiger partial charge in [-0.15, -0.1) is 0 Å². The zero-order chi connectivity index (χ0) is 29.5. The fourth-order valence-corrected chi connectivity index (χ4v) is 4.84. The van der Waals surface area contributed by atoms with Crippen molar-refractivity contribution in [3.8, 4) is 22.5 Å². The van der Waals surface area contributed by atoms with E-state index in [4.69, 9.17) is 14.7 Å². The predicted molar refractivity (Wildman–Crippen MR) is 165 cm³/mol. The second kappa shape index (κ2) is 12.9. The van der Waals surface area contributed by atoms with Crippen LogP contribution in [0.1, 0.15) is 62.4 Å². The molecule has 0 fully saturated rings. The molecule has 7 nitrogen and oxygen atoms in total. The van der Waals surface area contributed by atoms with E-state index in [0.29, 0.717) is 30.3 Å². The molecule has 0 aliphatic carbocycles. The molecule has 0 spiro atoms. The van der Waals surface area contributed by atoms with Gasteiger partial charge in [0, 0.05) is 48.5 Å². The van der Waals surface area contributed by atoms with Gasteiger partial charge in [0.05, 0.1) is 28.7 Å². The van der Waals surface area contributed by atoms with Gasteiger partial charge in [0.15, 0.2) is 5.78 Å². The molecular formula is C35H36N4O3. The van der Waals surface area contributed by atoms with Crippen molar-refractivity contribution in [2.45, 2.75) is 65.0 Å². The topological polar surface area (TPSA) is 87.0 Å². The molecule has 5 aromatic rings. The SMILES string of the molecule is CC(C)(C)OC(=O)CCc1ccc(-c2nc3cc(C(=O)CCCCn4ccnc4)ccc3nc2-c2ccccc2)cc1. The second-order valence-electron chi connectivity index (χ2n) is 11.5. The molecule has 0 aliphatic rings. The lowest BCUT2D eigenvalue weighted by atomic mass is 10.0. The predicted octanol–water partition coefficient (Wildman–Crippen LogP) is 7.49. The lowest BCUT2D eigenvalue weighted by Gasteiger charge is -2.19. The first kappa shape index (κ1) is 28.9. The standard InChI is InChI=1S/C35H36N4O3/c1-35(2,3)42-32(41)19-14-25-12-15-27(16-13-25)34-33(26-9-5-4-6-10-26)37-29-18-17-28(23-30(29)38-34)31(40)11-7-8-21-39-22-20-36-24-39/h4-6,9-10,12-13,15-18,20,22-24H,7-8,11,14,19,21H2,1-3H3. The smallest absolute Gasteiger partial charge is 0.306 e. The highest BCUT2D eigenvalue weighted by Gasteiger charge is 2.17. The highest BCUT2D eigenvalue weighted by atomic mass is 16.6. The van der Waals surface area contributed by atoms with Crippen molar-refractivity contribution < 1.29 is 14.3 Å². The number of rotatable bonds is 11. The molecule has 0 N–H and O–H groups in total. The Morgan fingerprint density at radius 2 is 1.52 bits per heavy atom. The number of carbonyl (C=O) groups excluding carboxylic acids is 2. The monoisotopic (exact) mass is 560 g/mol. The van der Waals surface area contributed by atoms with E-state index in [1.807, 2.05) is 104 Å². The summed E-state index contributed by atoms with van der Waals surface area (Å²) in [6, 6.07) is 23.7. The summed E-state index contributed by atoms with van der Waals surface area (Å²) in [6.45, 7) is 6.47. The first-order valence-electron chi connectivity index (χ1n) is 14.4. The van der Waals surface area contributed by atoms with E-state index in [0.717, 1.165) is 53.0 Å². The van der Waals surface area contributed by atoms with Crippen LogP contribution in [0.2, 0.25) is 0 Å². The lowest BCUT2D eigenvalue weighted by molar-refractivity contribution is -0.154. The minimum atomic E-state index is -0.491. The normalized spacial score (nSPS) is 11.5. The van der Waals surface area contributed by atoms with Crippen LogP contribution in [0.5, 0.6) is 0 Å². The third kappa shape index (κ3) is 7.55. The maximum atomic E-state index is 13.0. The Balaban J connectivity index is 1.37. The zero-order valence-corrected chi connectivity index (χ0v) is 24.4. The van der Waals surface area contributed by atoms with Gasteiger partial charge in [0.2, 0.25) is 0 Å². The maximum absolute atomic E-state index is 13.0. The van der Waals surface area contributed by atoms with Crippen molar-refractivity contribution >= 4 is 22.8 Å². The summed E-state index contributed by atoms with van der Waals surface area (Å²) in [4.78, 5) is 39.3. The highest BCUT2D eigenvalue weighted by molar-refractivity contribution is 5.99. The van der Waals surface area contributed by atoms with Gasteiger partial charge in [-0.05, 0) is 63.8 Å². The minimum absolute atomic E-state index is 0.104. The third-order valence-electron chi connectivity index (χ3n) is 6.93. The molecule has 214 valence electrons. The number of esters is 1. The summed E-state index contributed by atoms with van der Waals surface area (Å²) in [7, 11) is 0. The lowest BCUT2D eigenvalue weighted by Crippen LogP contribution is -2.23. The van der Waals surface area contributed by atoms with Crippen molar-refractivity contribution in [2.24, 2.45) is 0 Å². The van der Waals surface area contributed by atoms with Gasteiger partial charge >= 0.3 is 5.97 Å². The van der Waals surface area contributed by atoms with Crippen molar-refractivity contribution in [1.29, 1.82) is 0 Å². The Hall–Kier alpha value is -4.65. The number of unbranched alkanes of at least 4 members (excludes halogenated alkanes) is 1. The number of imidazole rings is 1. The molecule has 0 saturated carbocycles. The Morgan fingerprint density at radius 1 is 0.810 bits per heavy atom. The Labute approximate surface area is 246 Å². The van der Waals surface area contributed by atoms with Crippen LogP contribution >= 0.6 is 0 Å². The Morgan fingerprint density at radius 3 is 2.21 bits per heavy atom. The third-order valence-corrected chi connectivity index (χ3v) is 6.93. The first-order chi connectivity index (χ1) is 20.2. The van der Waals surface area contributed by atoms with Crippen LogP contribution in [-0.2, 0) is 22.5 Å².